The average Bonchev–Trinajstić information content (AvgIpc) is 3.26. The van der Waals surface area contributed by atoms with Crippen LogP contribution in [0.15, 0.2) is 29.2 Å². The Morgan fingerprint density at radius 3 is 2.65 bits per heavy atom. The second-order valence-electron chi connectivity index (χ2n) is 6.01. The van der Waals surface area contributed by atoms with Crippen molar-refractivity contribution in [3.63, 3.8) is 0 Å². The van der Waals surface area contributed by atoms with Crippen molar-refractivity contribution in [3.8, 4) is 10.8 Å². The number of hydrogen-bond acceptors (Lipinski definition) is 8. The number of aromatic nitrogens is 4. The van der Waals surface area contributed by atoms with Gasteiger partial charge in [0.05, 0.1) is 5.69 Å². The van der Waals surface area contributed by atoms with Crippen LogP contribution in [-0.2, 0) is 0 Å². The van der Waals surface area contributed by atoms with Crippen molar-refractivity contribution in [2.24, 2.45) is 0 Å². The molecule has 4 rings (SSSR count). The summed E-state index contributed by atoms with van der Waals surface area (Å²) in [5, 5.41) is 5.56. The fourth-order valence-corrected chi connectivity index (χ4v) is 4.44. The minimum atomic E-state index is -0.0272. The van der Waals surface area contributed by atoms with Crippen LogP contribution in [0.5, 0.6) is 0 Å². The number of thiazole rings is 2. The third-order valence-electron chi connectivity index (χ3n) is 4.14. The highest BCUT2D eigenvalue weighted by atomic mass is 32.1. The lowest BCUT2D eigenvalue weighted by Crippen LogP contribution is -2.35. The molecule has 0 unspecified atom stereocenters. The minimum Gasteiger partial charge on any atom is -0.346 e. The van der Waals surface area contributed by atoms with Gasteiger partial charge in [-0.05, 0) is 19.4 Å². The van der Waals surface area contributed by atoms with Crippen LogP contribution in [0.3, 0.4) is 0 Å². The van der Waals surface area contributed by atoms with E-state index in [1.807, 2.05) is 11.8 Å². The van der Waals surface area contributed by atoms with E-state index in [1.54, 1.807) is 35.2 Å². The molecule has 1 aliphatic rings. The Balaban J connectivity index is 1.44. The Bertz CT molecular complexity index is 894. The van der Waals surface area contributed by atoms with E-state index in [0.29, 0.717) is 23.1 Å². The molecule has 1 aliphatic heterocycles. The van der Waals surface area contributed by atoms with Gasteiger partial charge in [0, 0.05) is 49.3 Å². The van der Waals surface area contributed by atoms with Crippen molar-refractivity contribution >= 4 is 33.7 Å². The summed E-state index contributed by atoms with van der Waals surface area (Å²) in [5.74, 6) is 0.526. The highest BCUT2D eigenvalue weighted by Gasteiger charge is 2.23. The summed E-state index contributed by atoms with van der Waals surface area (Å²) >= 11 is 3.06. The Hall–Kier alpha value is -2.39. The maximum Gasteiger partial charge on any atom is 0.273 e. The Kier molecular flexibility index (Phi) is 4.89. The smallest absolute Gasteiger partial charge is 0.273 e. The molecule has 7 nitrogen and oxygen atoms in total. The number of nitrogens with zero attached hydrogens (tertiary/aromatic N) is 6. The maximum absolute atomic E-state index is 12.8. The van der Waals surface area contributed by atoms with Gasteiger partial charge in [-0.2, -0.15) is 0 Å². The summed E-state index contributed by atoms with van der Waals surface area (Å²) in [4.78, 5) is 34.4. The predicted molar refractivity (Wildman–Crippen MR) is 103 cm³/mol. The van der Waals surface area contributed by atoms with Gasteiger partial charge in [0.15, 0.2) is 16.0 Å². The van der Waals surface area contributed by atoms with E-state index in [0.717, 1.165) is 36.9 Å². The van der Waals surface area contributed by atoms with E-state index >= 15 is 0 Å². The second kappa shape index (κ2) is 7.46. The molecule has 3 aromatic rings. The number of carbonyl (C=O) groups is 1. The van der Waals surface area contributed by atoms with E-state index in [4.69, 9.17) is 0 Å². The van der Waals surface area contributed by atoms with Crippen LogP contribution in [0.2, 0.25) is 0 Å². The van der Waals surface area contributed by atoms with Gasteiger partial charge in [0.2, 0.25) is 0 Å². The lowest BCUT2D eigenvalue weighted by Gasteiger charge is -2.21. The zero-order chi connectivity index (χ0) is 17.9. The van der Waals surface area contributed by atoms with Gasteiger partial charge in [-0.25, -0.2) is 19.9 Å². The fraction of sp³-hybridized carbons (Fsp3) is 0.353. The quantitative estimate of drug-likeness (QED) is 0.689. The number of hydrogen-bond donors (Lipinski definition) is 0. The van der Waals surface area contributed by atoms with Gasteiger partial charge in [-0.15, -0.1) is 22.7 Å². The fourth-order valence-electron chi connectivity index (χ4n) is 2.84. The first-order valence-electron chi connectivity index (χ1n) is 8.40. The molecule has 4 heterocycles. The zero-order valence-corrected chi connectivity index (χ0v) is 16.0. The first-order chi connectivity index (χ1) is 12.7. The van der Waals surface area contributed by atoms with Crippen LogP contribution in [0.4, 0.5) is 5.13 Å². The lowest BCUT2D eigenvalue weighted by molar-refractivity contribution is 0.0762. The van der Waals surface area contributed by atoms with E-state index in [2.05, 4.69) is 30.2 Å². The SMILES string of the molecule is Cc1csc(N2CCCN(C(=O)c3csc(-c4ncccn4)n3)CC2)n1. The van der Waals surface area contributed by atoms with E-state index < -0.39 is 0 Å². The molecule has 0 spiro atoms. The molecule has 0 saturated carbocycles. The van der Waals surface area contributed by atoms with E-state index in [1.165, 1.54) is 11.3 Å². The maximum atomic E-state index is 12.8. The molecule has 134 valence electrons. The molecular weight excluding hydrogens is 368 g/mol. The molecule has 0 aromatic carbocycles. The third-order valence-corrected chi connectivity index (χ3v) is 6.00. The topological polar surface area (TPSA) is 75.1 Å². The van der Waals surface area contributed by atoms with Gasteiger partial charge >= 0.3 is 0 Å². The second-order valence-corrected chi connectivity index (χ2v) is 7.71. The Labute approximate surface area is 159 Å². The summed E-state index contributed by atoms with van der Waals surface area (Å²) in [5.41, 5.74) is 1.51. The van der Waals surface area contributed by atoms with Gasteiger partial charge in [0.25, 0.3) is 5.91 Å². The van der Waals surface area contributed by atoms with Crippen molar-refractivity contribution < 1.29 is 4.79 Å². The van der Waals surface area contributed by atoms with Crippen molar-refractivity contribution in [2.75, 3.05) is 31.1 Å². The first kappa shape index (κ1) is 17.0. The van der Waals surface area contributed by atoms with Crippen LogP contribution in [0.1, 0.15) is 22.6 Å². The molecule has 9 heteroatoms. The molecule has 1 fully saturated rings. The van der Waals surface area contributed by atoms with Gasteiger partial charge in [-0.1, -0.05) is 0 Å². The monoisotopic (exact) mass is 386 g/mol. The van der Waals surface area contributed by atoms with Crippen LogP contribution >= 0.6 is 22.7 Å². The van der Waals surface area contributed by atoms with Gasteiger partial charge in [-0.3, -0.25) is 4.79 Å². The highest BCUT2D eigenvalue weighted by Crippen LogP contribution is 2.23. The molecule has 3 aromatic heterocycles. The van der Waals surface area contributed by atoms with Gasteiger partial charge < -0.3 is 9.80 Å². The lowest BCUT2D eigenvalue weighted by atomic mass is 10.3. The Morgan fingerprint density at radius 2 is 1.88 bits per heavy atom. The number of aryl methyl sites for hydroxylation is 1. The van der Waals surface area contributed by atoms with Crippen LogP contribution < -0.4 is 4.90 Å². The molecule has 0 atom stereocenters. The first-order valence-corrected chi connectivity index (χ1v) is 10.2. The number of amides is 1. The summed E-state index contributed by atoms with van der Waals surface area (Å²) in [6, 6.07) is 1.76. The minimum absolute atomic E-state index is 0.0272. The summed E-state index contributed by atoms with van der Waals surface area (Å²) < 4.78 is 0. The molecule has 0 bridgehead atoms. The van der Waals surface area contributed by atoms with Crippen LogP contribution in [0.25, 0.3) is 10.8 Å². The molecule has 0 aliphatic carbocycles. The molecule has 0 N–H and O–H groups in total. The summed E-state index contributed by atoms with van der Waals surface area (Å²) in [7, 11) is 0. The normalized spacial score (nSPS) is 15.1. The number of rotatable bonds is 3. The molecule has 0 radical (unpaired) electrons. The standard InChI is InChI=1S/C17H18N6OS2/c1-12-10-26-17(20-12)23-7-3-6-22(8-9-23)16(24)13-11-25-15(21-13)14-18-4-2-5-19-14/h2,4-5,10-11H,3,6-9H2,1H3. The van der Waals surface area contributed by atoms with E-state index in [9.17, 15) is 4.79 Å². The van der Waals surface area contributed by atoms with Crippen molar-refractivity contribution in [2.45, 2.75) is 13.3 Å². The zero-order valence-electron chi connectivity index (χ0n) is 14.3. The molecule has 1 amide bonds. The predicted octanol–water partition coefficient (Wildman–Crippen LogP) is 2.72. The van der Waals surface area contributed by atoms with Crippen molar-refractivity contribution in [1.29, 1.82) is 0 Å². The number of anilines is 1. The Morgan fingerprint density at radius 1 is 1.04 bits per heavy atom. The number of carbonyl (C=O) groups excluding carboxylic acids is 1. The summed E-state index contributed by atoms with van der Waals surface area (Å²) in [6.07, 6.45) is 4.27. The highest BCUT2D eigenvalue weighted by molar-refractivity contribution is 7.13. The molecular formula is C17H18N6OS2. The van der Waals surface area contributed by atoms with Crippen molar-refractivity contribution in [3.05, 3.63) is 40.6 Å². The van der Waals surface area contributed by atoms with Crippen LogP contribution in [0, 0.1) is 6.92 Å². The average molecular weight is 387 g/mol. The largest absolute Gasteiger partial charge is 0.346 e. The van der Waals surface area contributed by atoms with E-state index in [-0.39, 0.29) is 5.91 Å². The molecule has 26 heavy (non-hydrogen) atoms. The third kappa shape index (κ3) is 3.58. The van der Waals surface area contributed by atoms with Gasteiger partial charge in [0.1, 0.15) is 5.69 Å². The molecule has 1 saturated heterocycles. The van der Waals surface area contributed by atoms with Crippen LogP contribution in [-0.4, -0.2) is 56.9 Å². The summed E-state index contributed by atoms with van der Waals surface area (Å²) in [6.45, 7) is 5.11. The van der Waals surface area contributed by atoms with Crippen molar-refractivity contribution in [1.82, 2.24) is 24.8 Å².